The molecular formula is C12H36B. The van der Waals surface area contributed by atoms with Gasteiger partial charge in [-0.3, -0.25) is 0 Å². The Balaban J connectivity index is -0.00000000655. The van der Waals surface area contributed by atoms with E-state index in [1.54, 1.807) is 0 Å². The summed E-state index contributed by atoms with van der Waals surface area (Å²) in [6.07, 6.45) is 0. The van der Waals surface area contributed by atoms with Gasteiger partial charge in [-0.2, -0.15) is 0 Å². The largest absolute Gasteiger partial charge is 0.0683 e. The molecule has 0 nitrogen and oxygen atoms in total. The zero-order chi connectivity index (χ0) is 12.0. The van der Waals surface area contributed by atoms with Crippen LogP contribution in [0.2, 0.25) is 0 Å². The Morgan fingerprint density at radius 2 is 0.231 bits per heavy atom. The van der Waals surface area contributed by atoms with Crippen molar-refractivity contribution in [1.29, 1.82) is 0 Å². The topological polar surface area (TPSA) is 0 Å². The second kappa shape index (κ2) is 350000. The minimum atomic E-state index is 0. The number of hydrogen-bond acceptors (Lipinski definition) is 0. The molecule has 0 atom stereocenters. The molecule has 0 aliphatic rings. The lowest BCUT2D eigenvalue weighted by Gasteiger charge is -1.07. The molecule has 0 spiro atoms. The van der Waals surface area contributed by atoms with Gasteiger partial charge in [0, 0.05) is 8.41 Å². The van der Waals surface area contributed by atoms with Gasteiger partial charge in [0.2, 0.25) is 0 Å². The Kier molecular flexibility index (Phi) is 1390000. The van der Waals surface area contributed by atoms with Crippen LogP contribution in [0.25, 0.3) is 0 Å². The molecule has 13 heavy (non-hydrogen) atoms. The first-order valence-electron chi connectivity index (χ1n) is 6.00. The molecule has 0 aliphatic carbocycles. The SMILES string of the molecule is CC.CC.CC.CC.CC.CC.[B]. The molecule has 0 rings (SSSR count). The summed E-state index contributed by atoms with van der Waals surface area (Å²) in [5, 5.41) is 0. The van der Waals surface area contributed by atoms with E-state index >= 15 is 0 Å². The lowest BCUT2D eigenvalue weighted by Crippen LogP contribution is -0.856. The third-order valence-corrected chi connectivity index (χ3v) is 0. The molecule has 0 bridgehead atoms. The van der Waals surface area contributed by atoms with Crippen LogP contribution in [0, 0.1) is 0 Å². The summed E-state index contributed by atoms with van der Waals surface area (Å²) in [5.74, 6) is 0. The first-order valence-corrected chi connectivity index (χ1v) is 6.00. The Hall–Kier alpha value is 0.0649. The fourth-order valence-electron chi connectivity index (χ4n) is 0. The first-order chi connectivity index (χ1) is 6.00. The second-order valence-corrected chi connectivity index (χ2v) is 0. The van der Waals surface area contributed by atoms with Crippen molar-refractivity contribution in [3.05, 3.63) is 0 Å². The lowest BCUT2D eigenvalue weighted by molar-refractivity contribution is 1.50. The fourth-order valence-corrected chi connectivity index (χ4v) is 0. The van der Waals surface area contributed by atoms with Gasteiger partial charge in [0.25, 0.3) is 0 Å². The molecule has 0 fully saturated rings. The maximum absolute atomic E-state index is 2.00. The van der Waals surface area contributed by atoms with Crippen molar-refractivity contribution in [3.8, 4) is 0 Å². The minimum absolute atomic E-state index is 0. The third-order valence-electron chi connectivity index (χ3n) is 0. The van der Waals surface area contributed by atoms with Crippen molar-refractivity contribution >= 4 is 8.41 Å². The van der Waals surface area contributed by atoms with Crippen molar-refractivity contribution < 1.29 is 0 Å². The van der Waals surface area contributed by atoms with Crippen molar-refractivity contribution in [2.75, 3.05) is 0 Å². The van der Waals surface area contributed by atoms with Gasteiger partial charge in [-0.25, -0.2) is 0 Å². The van der Waals surface area contributed by atoms with Crippen LogP contribution in [0.4, 0.5) is 0 Å². The van der Waals surface area contributed by atoms with Gasteiger partial charge in [-0.05, 0) is 0 Å². The van der Waals surface area contributed by atoms with E-state index in [2.05, 4.69) is 0 Å². The Morgan fingerprint density at radius 3 is 0.231 bits per heavy atom. The summed E-state index contributed by atoms with van der Waals surface area (Å²) in [4.78, 5) is 0. The van der Waals surface area contributed by atoms with E-state index in [-0.39, 0.29) is 8.41 Å². The van der Waals surface area contributed by atoms with Crippen LogP contribution in [0.15, 0.2) is 0 Å². The highest BCUT2D eigenvalue weighted by Crippen LogP contribution is 1.15. The van der Waals surface area contributed by atoms with Crippen molar-refractivity contribution in [2.45, 2.75) is 83.1 Å². The summed E-state index contributed by atoms with van der Waals surface area (Å²) >= 11 is 0. The molecule has 87 valence electrons. The smallest absolute Gasteiger partial charge is 0 e. The van der Waals surface area contributed by atoms with Crippen LogP contribution in [-0.2, 0) is 0 Å². The molecule has 0 aliphatic heterocycles. The zero-order valence-electron chi connectivity index (χ0n) is 12.6. The Bertz CT molecular complexity index is 5.09. The van der Waals surface area contributed by atoms with E-state index in [1.165, 1.54) is 0 Å². The first kappa shape index (κ1) is 51.7. The van der Waals surface area contributed by atoms with Crippen LogP contribution >= 0.6 is 0 Å². The van der Waals surface area contributed by atoms with Crippen LogP contribution in [0.5, 0.6) is 0 Å². The average Bonchev–Trinajstić information content (AvgIpc) is 2.33. The number of rotatable bonds is 0. The zero-order valence-corrected chi connectivity index (χ0v) is 12.6. The van der Waals surface area contributed by atoms with E-state index < -0.39 is 0 Å². The molecule has 0 aromatic rings. The molecule has 0 heterocycles. The standard InChI is InChI=1S/6C2H6.B/c6*1-2;/h6*1-2H3;. The van der Waals surface area contributed by atoms with Crippen molar-refractivity contribution in [2.24, 2.45) is 0 Å². The summed E-state index contributed by atoms with van der Waals surface area (Å²) in [6, 6.07) is 0. The Labute approximate surface area is 92.1 Å². The highest BCUT2D eigenvalue weighted by molar-refractivity contribution is 5.75. The van der Waals surface area contributed by atoms with E-state index in [4.69, 9.17) is 0 Å². The molecule has 0 saturated heterocycles. The molecule has 0 N–H and O–H groups in total. The van der Waals surface area contributed by atoms with Crippen LogP contribution in [0.1, 0.15) is 83.1 Å². The highest BCUT2D eigenvalue weighted by Gasteiger charge is 0.942. The molecule has 0 saturated carbocycles. The quantitative estimate of drug-likeness (QED) is 0.426. The van der Waals surface area contributed by atoms with Crippen LogP contribution in [-0.4, -0.2) is 8.41 Å². The van der Waals surface area contributed by atoms with Crippen LogP contribution in [0.3, 0.4) is 0 Å². The molecule has 0 aromatic carbocycles. The van der Waals surface area contributed by atoms with Gasteiger partial charge in [-0.1, -0.05) is 83.1 Å². The van der Waals surface area contributed by atoms with Crippen molar-refractivity contribution in [3.63, 3.8) is 0 Å². The summed E-state index contributed by atoms with van der Waals surface area (Å²) in [6.45, 7) is 24.0. The maximum Gasteiger partial charge on any atom is 0 e. The summed E-state index contributed by atoms with van der Waals surface area (Å²) in [5.41, 5.74) is 0. The van der Waals surface area contributed by atoms with Gasteiger partial charge < -0.3 is 0 Å². The van der Waals surface area contributed by atoms with Gasteiger partial charge in [0.15, 0.2) is 0 Å². The molecule has 0 amide bonds. The molecule has 3 radical (unpaired) electrons. The van der Waals surface area contributed by atoms with Gasteiger partial charge in [0.05, 0.1) is 0 Å². The fraction of sp³-hybridized carbons (Fsp3) is 1.00. The molecule has 1 heteroatoms. The highest BCUT2D eigenvalue weighted by atomic mass is 13.0. The minimum Gasteiger partial charge on any atom is -0.0683 e. The normalized spacial score (nSPS) is 2.77. The predicted octanol–water partition coefficient (Wildman–Crippen LogP) is 5.78. The molecule has 0 aromatic heterocycles. The van der Waals surface area contributed by atoms with E-state index in [0.717, 1.165) is 0 Å². The second-order valence-electron chi connectivity index (χ2n) is 0. The summed E-state index contributed by atoms with van der Waals surface area (Å²) in [7, 11) is 0. The predicted molar refractivity (Wildman–Crippen MR) is 73.8 cm³/mol. The molecule has 0 unspecified atom stereocenters. The Morgan fingerprint density at radius 1 is 0.231 bits per heavy atom. The van der Waals surface area contributed by atoms with Crippen molar-refractivity contribution in [1.82, 2.24) is 0 Å². The van der Waals surface area contributed by atoms with Crippen LogP contribution < -0.4 is 0 Å². The summed E-state index contributed by atoms with van der Waals surface area (Å²) < 4.78 is 0. The van der Waals surface area contributed by atoms with E-state index in [9.17, 15) is 0 Å². The average molecular weight is 191 g/mol. The van der Waals surface area contributed by atoms with E-state index in [0.29, 0.717) is 0 Å². The van der Waals surface area contributed by atoms with Gasteiger partial charge in [0.1, 0.15) is 0 Å². The number of hydrogen-bond donors (Lipinski definition) is 0. The maximum atomic E-state index is 2.00. The van der Waals surface area contributed by atoms with E-state index in [1.807, 2.05) is 83.1 Å². The third kappa shape index (κ3) is 290000. The monoisotopic (exact) mass is 191 g/mol. The van der Waals surface area contributed by atoms with Gasteiger partial charge in [-0.15, -0.1) is 0 Å². The lowest BCUT2D eigenvalue weighted by atomic mass is 10.8. The molecular weight excluding hydrogens is 155 g/mol. The van der Waals surface area contributed by atoms with Gasteiger partial charge >= 0.3 is 0 Å².